The maximum atomic E-state index is 15.4. The molecule has 0 N–H and O–H groups in total. The second kappa shape index (κ2) is 11.1. The van der Waals surface area contributed by atoms with E-state index in [9.17, 15) is 14.4 Å². The maximum Gasteiger partial charge on any atom is 0.289 e. The van der Waals surface area contributed by atoms with Crippen LogP contribution in [0.5, 0.6) is 0 Å². The van der Waals surface area contributed by atoms with Crippen molar-refractivity contribution in [2.45, 2.75) is 43.9 Å². The molecular formula is C28H31F2N5O3. The van der Waals surface area contributed by atoms with E-state index in [-0.39, 0.29) is 35.4 Å². The van der Waals surface area contributed by atoms with Gasteiger partial charge in [-0.15, -0.1) is 0 Å². The number of anilines is 2. The number of nitriles is 1. The van der Waals surface area contributed by atoms with Gasteiger partial charge in [0.25, 0.3) is 5.56 Å². The summed E-state index contributed by atoms with van der Waals surface area (Å²) in [5.41, 5.74) is 1.27. The molecule has 38 heavy (non-hydrogen) atoms. The first kappa shape index (κ1) is 26.1. The molecule has 1 aliphatic carbocycles. The Bertz CT molecular complexity index is 1390. The molecule has 1 atom stereocenters. The van der Waals surface area contributed by atoms with Crippen LogP contribution >= 0.6 is 0 Å². The number of fused-ring (bicyclic) bond motifs is 1. The molecule has 0 amide bonds. The van der Waals surface area contributed by atoms with Crippen LogP contribution in [0.1, 0.15) is 31.4 Å². The van der Waals surface area contributed by atoms with Crippen molar-refractivity contribution in [3.63, 3.8) is 0 Å². The van der Waals surface area contributed by atoms with Crippen LogP contribution in [-0.2, 0) is 16.5 Å². The van der Waals surface area contributed by atoms with Gasteiger partial charge in [0.2, 0.25) is 5.82 Å². The summed E-state index contributed by atoms with van der Waals surface area (Å²) in [6.07, 6.45) is 3.09. The van der Waals surface area contributed by atoms with Gasteiger partial charge < -0.3 is 23.8 Å². The van der Waals surface area contributed by atoms with Gasteiger partial charge in [-0.1, -0.05) is 0 Å². The van der Waals surface area contributed by atoms with Crippen molar-refractivity contribution in [2.75, 3.05) is 43.2 Å². The Kier molecular flexibility index (Phi) is 7.58. The average Bonchev–Trinajstić information content (AvgIpc) is 2.95. The van der Waals surface area contributed by atoms with Gasteiger partial charge in [-0.05, 0) is 62.1 Å². The predicted octanol–water partition coefficient (Wildman–Crippen LogP) is 3.75. The van der Waals surface area contributed by atoms with E-state index in [2.05, 4.69) is 9.88 Å². The van der Waals surface area contributed by atoms with Crippen molar-refractivity contribution in [1.29, 1.82) is 5.26 Å². The number of hydrogen-bond acceptors (Lipinski definition) is 7. The zero-order chi connectivity index (χ0) is 26.8. The molecule has 1 saturated carbocycles. The first-order valence-electron chi connectivity index (χ1n) is 12.9. The summed E-state index contributed by atoms with van der Waals surface area (Å²) in [5.74, 6) is -1.15. The second-order valence-corrected chi connectivity index (χ2v) is 9.97. The van der Waals surface area contributed by atoms with E-state index >= 15 is 4.39 Å². The molecule has 0 spiro atoms. The number of rotatable bonds is 6. The van der Waals surface area contributed by atoms with Crippen LogP contribution < -0.4 is 15.4 Å². The molecule has 5 rings (SSSR count). The summed E-state index contributed by atoms with van der Waals surface area (Å²) in [7, 11) is 3.29. The summed E-state index contributed by atoms with van der Waals surface area (Å²) in [6, 6.07) is 11.8. The van der Waals surface area contributed by atoms with Gasteiger partial charge in [-0.2, -0.15) is 9.65 Å². The third-order valence-corrected chi connectivity index (χ3v) is 7.73. The lowest BCUT2D eigenvalue weighted by molar-refractivity contribution is -0.0846. The van der Waals surface area contributed by atoms with E-state index in [0.29, 0.717) is 37.4 Å². The zero-order valence-electron chi connectivity index (χ0n) is 21.6. The molecule has 200 valence electrons. The molecule has 1 aromatic carbocycles. The lowest BCUT2D eigenvalue weighted by Crippen LogP contribution is -2.48. The standard InChI is InChI=1S/C28H31F2N5O3/c1-33(27-25(30)28(36)34(2)24-12-5-19(15-31)32-26(24)27)20-8-10-22(11-9-20)35(16-23-17-37-13-14-38-23)21-6-3-18(29)4-7-21/h3-7,12,20,22-23H,8-11,13-14,16-17H2,1-2H3. The molecule has 8 nitrogen and oxygen atoms in total. The lowest BCUT2D eigenvalue weighted by Gasteiger charge is -2.42. The van der Waals surface area contributed by atoms with Gasteiger partial charge in [-0.3, -0.25) is 4.79 Å². The van der Waals surface area contributed by atoms with Crippen LogP contribution in [0.3, 0.4) is 0 Å². The first-order valence-corrected chi connectivity index (χ1v) is 12.9. The predicted molar refractivity (Wildman–Crippen MR) is 140 cm³/mol. The van der Waals surface area contributed by atoms with Gasteiger partial charge in [0, 0.05) is 38.4 Å². The van der Waals surface area contributed by atoms with Crippen molar-refractivity contribution in [3.8, 4) is 6.07 Å². The van der Waals surface area contributed by atoms with Crippen LogP contribution in [0, 0.1) is 23.0 Å². The van der Waals surface area contributed by atoms with Gasteiger partial charge in [0.05, 0.1) is 31.4 Å². The van der Waals surface area contributed by atoms with Crippen molar-refractivity contribution < 1.29 is 18.3 Å². The number of hydrogen-bond donors (Lipinski definition) is 0. The Morgan fingerprint density at radius 3 is 2.45 bits per heavy atom. The molecule has 1 aliphatic heterocycles. The topological polar surface area (TPSA) is 83.6 Å². The molecule has 0 bridgehead atoms. The number of nitrogens with zero attached hydrogens (tertiary/aromatic N) is 5. The Balaban J connectivity index is 1.38. The molecule has 3 aromatic rings. The second-order valence-electron chi connectivity index (χ2n) is 9.97. The fourth-order valence-electron chi connectivity index (χ4n) is 5.64. The molecule has 10 heteroatoms. The van der Waals surface area contributed by atoms with Crippen LogP contribution in [0.2, 0.25) is 0 Å². The summed E-state index contributed by atoms with van der Waals surface area (Å²) in [4.78, 5) is 21.1. The quantitative estimate of drug-likeness (QED) is 0.487. The maximum absolute atomic E-state index is 15.4. The third-order valence-electron chi connectivity index (χ3n) is 7.73. The Morgan fingerprint density at radius 1 is 1.08 bits per heavy atom. The van der Waals surface area contributed by atoms with Crippen LogP contribution in [-0.4, -0.2) is 61.2 Å². The minimum atomic E-state index is -0.866. The number of pyridine rings is 2. The first-order chi connectivity index (χ1) is 18.4. The molecular weight excluding hydrogens is 492 g/mol. The van der Waals surface area contributed by atoms with E-state index in [4.69, 9.17) is 9.47 Å². The van der Waals surface area contributed by atoms with Gasteiger partial charge in [0.1, 0.15) is 28.8 Å². The molecule has 1 saturated heterocycles. The van der Waals surface area contributed by atoms with Crippen molar-refractivity contribution in [1.82, 2.24) is 9.55 Å². The van der Waals surface area contributed by atoms with E-state index < -0.39 is 11.4 Å². The van der Waals surface area contributed by atoms with E-state index in [1.165, 1.54) is 29.8 Å². The Labute approximate surface area is 220 Å². The summed E-state index contributed by atoms with van der Waals surface area (Å²) in [5, 5.41) is 9.35. The smallest absolute Gasteiger partial charge is 0.289 e. The van der Waals surface area contributed by atoms with Crippen LogP contribution in [0.4, 0.5) is 20.2 Å². The average molecular weight is 524 g/mol. The zero-order valence-corrected chi connectivity index (χ0v) is 21.6. The van der Waals surface area contributed by atoms with E-state index in [1.54, 1.807) is 25.2 Å². The van der Waals surface area contributed by atoms with E-state index in [1.807, 2.05) is 11.0 Å². The molecule has 0 radical (unpaired) electrons. The molecule has 2 aliphatic rings. The van der Waals surface area contributed by atoms with Crippen molar-refractivity contribution in [3.05, 3.63) is 64.1 Å². The number of benzene rings is 1. The number of ether oxygens (including phenoxy) is 2. The highest BCUT2D eigenvalue weighted by Crippen LogP contribution is 2.34. The number of aromatic nitrogens is 2. The Morgan fingerprint density at radius 2 is 1.79 bits per heavy atom. The summed E-state index contributed by atoms with van der Waals surface area (Å²) in [6.45, 7) is 2.29. The highest BCUT2D eigenvalue weighted by atomic mass is 19.1. The monoisotopic (exact) mass is 523 g/mol. The van der Waals surface area contributed by atoms with Gasteiger partial charge >= 0.3 is 0 Å². The van der Waals surface area contributed by atoms with Gasteiger partial charge in [0.15, 0.2) is 0 Å². The fraction of sp³-hybridized carbons (Fsp3) is 0.464. The third kappa shape index (κ3) is 5.08. The Hall–Kier alpha value is -3.55. The van der Waals surface area contributed by atoms with Gasteiger partial charge in [-0.25, -0.2) is 9.37 Å². The normalized spacial score (nSPS) is 21.7. The van der Waals surface area contributed by atoms with Crippen LogP contribution in [0.15, 0.2) is 41.2 Å². The molecule has 1 unspecified atom stereocenters. The van der Waals surface area contributed by atoms with E-state index in [0.717, 1.165) is 31.4 Å². The van der Waals surface area contributed by atoms with Crippen molar-refractivity contribution >= 4 is 22.4 Å². The number of halogens is 2. The fourth-order valence-corrected chi connectivity index (χ4v) is 5.64. The molecule has 3 heterocycles. The minimum absolute atomic E-state index is 0.0204. The van der Waals surface area contributed by atoms with Crippen LogP contribution in [0.25, 0.3) is 11.0 Å². The minimum Gasteiger partial charge on any atom is -0.376 e. The summed E-state index contributed by atoms with van der Waals surface area (Å²) >= 11 is 0. The highest BCUT2D eigenvalue weighted by Gasteiger charge is 2.32. The highest BCUT2D eigenvalue weighted by molar-refractivity contribution is 5.89. The largest absolute Gasteiger partial charge is 0.376 e. The number of aryl methyl sites for hydroxylation is 1. The molecule has 2 fully saturated rings. The van der Waals surface area contributed by atoms with Crippen molar-refractivity contribution in [2.24, 2.45) is 7.05 Å². The molecule has 2 aromatic heterocycles. The SMILES string of the molecule is CN(c1c(F)c(=O)n(C)c2ccc(C#N)nc12)C1CCC(N(CC2COCCO2)c2ccc(F)cc2)CC1. The lowest BCUT2D eigenvalue weighted by atomic mass is 9.88. The summed E-state index contributed by atoms with van der Waals surface area (Å²) < 4.78 is 41.8.